The second-order valence-electron chi connectivity index (χ2n) is 4.47. The second-order valence-corrected chi connectivity index (χ2v) is 4.87. The third kappa shape index (κ3) is 4.68. The van der Waals surface area contributed by atoms with Crippen LogP contribution in [0.2, 0.25) is 5.02 Å². The van der Waals surface area contributed by atoms with E-state index >= 15 is 0 Å². The fourth-order valence-electron chi connectivity index (χ4n) is 1.51. The van der Waals surface area contributed by atoms with Crippen LogP contribution in [0.3, 0.4) is 0 Å². The van der Waals surface area contributed by atoms with Gasteiger partial charge >= 0.3 is 0 Å². The molecule has 1 aromatic carbocycles. The lowest BCUT2D eigenvalue weighted by Crippen LogP contribution is -2.58. The molecule has 1 rings (SSSR count). The maximum atomic E-state index is 11.8. The lowest BCUT2D eigenvalue weighted by atomic mass is 10.0. The predicted molar refractivity (Wildman–Crippen MR) is 75.9 cm³/mol. The number of halogens is 1. The van der Waals surface area contributed by atoms with Crippen molar-refractivity contribution >= 4 is 23.4 Å². The number of amides is 2. The van der Waals surface area contributed by atoms with Gasteiger partial charge in [0.1, 0.15) is 5.54 Å². The van der Waals surface area contributed by atoms with Crippen molar-refractivity contribution in [2.75, 3.05) is 26.4 Å². The van der Waals surface area contributed by atoms with Gasteiger partial charge in [0.25, 0.3) is 5.91 Å². The van der Waals surface area contributed by atoms with Gasteiger partial charge in [-0.3, -0.25) is 9.59 Å². The molecule has 0 radical (unpaired) electrons. The summed E-state index contributed by atoms with van der Waals surface area (Å²) in [7, 11) is 0. The van der Waals surface area contributed by atoms with Crippen molar-refractivity contribution in [1.29, 1.82) is 0 Å². The molecule has 0 aliphatic carbocycles. The molecule has 0 fully saturated rings. The van der Waals surface area contributed by atoms with Gasteiger partial charge in [0, 0.05) is 0 Å². The number of carbonyl (C=O) groups is 2. The molecule has 0 aliphatic heterocycles. The molecule has 0 spiro atoms. The Morgan fingerprint density at radius 2 is 1.67 bits per heavy atom. The van der Waals surface area contributed by atoms with Crippen molar-refractivity contribution in [2.45, 2.75) is 5.54 Å². The van der Waals surface area contributed by atoms with Crippen LogP contribution in [0.25, 0.3) is 0 Å². The Bertz CT molecular complexity index is 497. The van der Waals surface area contributed by atoms with Gasteiger partial charge in [-0.1, -0.05) is 23.7 Å². The number of hydrogen-bond donors (Lipinski definition) is 5. The molecule has 0 atom stereocenters. The Balaban J connectivity index is 2.57. The van der Waals surface area contributed by atoms with E-state index in [1.807, 2.05) is 0 Å². The highest BCUT2D eigenvalue weighted by Crippen LogP contribution is 2.14. The topological polar surface area (TPSA) is 119 Å². The third-order valence-electron chi connectivity index (χ3n) is 2.84. The fourth-order valence-corrected chi connectivity index (χ4v) is 1.73. The van der Waals surface area contributed by atoms with E-state index in [4.69, 9.17) is 26.9 Å². The predicted octanol–water partition coefficient (Wildman–Crippen LogP) is -1.10. The van der Waals surface area contributed by atoms with Crippen LogP contribution in [0.15, 0.2) is 24.3 Å². The van der Waals surface area contributed by atoms with Crippen LogP contribution in [0.5, 0.6) is 0 Å². The highest BCUT2D eigenvalue weighted by Gasteiger charge is 2.29. The van der Waals surface area contributed by atoms with Crippen LogP contribution in [0, 0.1) is 0 Å². The summed E-state index contributed by atoms with van der Waals surface area (Å²) in [4.78, 5) is 23.5. The van der Waals surface area contributed by atoms with Gasteiger partial charge in [-0.25, -0.2) is 0 Å². The summed E-state index contributed by atoms with van der Waals surface area (Å²) >= 11 is 5.85. The van der Waals surface area contributed by atoms with Gasteiger partial charge < -0.3 is 26.0 Å². The SMILES string of the molecule is O=C(CNC(=O)c1ccccc1Cl)NC(CO)(CO)CO. The van der Waals surface area contributed by atoms with E-state index in [0.717, 1.165) is 0 Å². The number of carbonyl (C=O) groups excluding carboxylic acids is 2. The Morgan fingerprint density at radius 3 is 2.19 bits per heavy atom. The molecule has 0 heterocycles. The zero-order valence-corrected chi connectivity index (χ0v) is 11.9. The molecular weight excluding hydrogens is 300 g/mol. The molecule has 116 valence electrons. The molecule has 0 aromatic heterocycles. The minimum absolute atomic E-state index is 0.227. The molecular formula is C13H17ClN2O5. The number of hydrogen-bond acceptors (Lipinski definition) is 5. The van der Waals surface area contributed by atoms with Gasteiger partial charge in [-0.05, 0) is 12.1 Å². The zero-order valence-electron chi connectivity index (χ0n) is 11.2. The minimum Gasteiger partial charge on any atom is -0.394 e. The summed E-state index contributed by atoms with van der Waals surface area (Å²) in [5.41, 5.74) is -1.30. The standard InChI is InChI=1S/C13H17ClN2O5/c14-10-4-2-1-3-9(10)12(21)15-5-11(20)16-13(6-17,7-18)8-19/h1-4,17-19H,5-8H2,(H,15,21)(H,16,20). The van der Waals surface area contributed by atoms with Crippen LogP contribution in [0.4, 0.5) is 0 Å². The van der Waals surface area contributed by atoms with Gasteiger partial charge in [0.15, 0.2) is 0 Å². The highest BCUT2D eigenvalue weighted by molar-refractivity contribution is 6.33. The molecule has 0 unspecified atom stereocenters. The number of benzene rings is 1. The molecule has 7 nitrogen and oxygen atoms in total. The van der Waals surface area contributed by atoms with Crippen LogP contribution >= 0.6 is 11.6 Å². The first-order chi connectivity index (χ1) is 9.98. The van der Waals surface area contributed by atoms with Crippen molar-refractivity contribution in [2.24, 2.45) is 0 Å². The summed E-state index contributed by atoms with van der Waals surface area (Å²) in [5.74, 6) is -1.19. The van der Waals surface area contributed by atoms with E-state index in [9.17, 15) is 9.59 Å². The lowest BCUT2D eigenvalue weighted by Gasteiger charge is -2.28. The Kier molecular flexibility index (Phi) is 6.57. The number of nitrogens with one attached hydrogen (secondary N) is 2. The summed E-state index contributed by atoms with van der Waals surface area (Å²) in [5, 5.41) is 32.1. The normalized spacial score (nSPS) is 11.0. The van der Waals surface area contributed by atoms with Crippen molar-refractivity contribution in [1.82, 2.24) is 10.6 Å². The Hall–Kier alpha value is -1.67. The molecule has 5 N–H and O–H groups in total. The van der Waals surface area contributed by atoms with Gasteiger partial charge in [0.05, 0.1) is 37.0 Å². The number of aliphatic hydroxyl groups excluding tert-OH is 3. The summed E-state index contributed by atoms with van der Waals surface area (Å²) in [6.45, 7) is -2.29. The van der Waals surface area contributed by atoms with Crippen LogP contribution in [-0.4, -0.2) is 59.0 Å². The van der Waals surface area contributed by atoms with Gasteiger partial charge in [-0.15, -0.1) is 0 Å². The number of aliphatic hydroxyl groups is 3. The lowest BCUT2D eigenvalue weighted by molar-refractivity contribution is -0.124. The molecule has 0 saturated heterocycles. The highest BCUT2D eigenvalue weighted by atomic mass is 35.5. The van der Waals surface area contributed by atoms with Gasteiger partial charge in [0.2, 0.25) is 5.91 Å². The van der Waals surface area contributed by atoms with E-state index in [-0.39, 0.29) is 17.1 Å². The molecule has 0 aliphatic rings. The minimum atomic E-state index is -1.52. The first-order valence-electron chi connectivity index (χ1n) is 6.14. The fraction of sp³-hybridized carbons (Fsp3) is 0.385. The third-order valence-corrected chi connectivity index (χ3v) is 3.17. The smallest absolute Gasteiger partial charge is 0.253 e. The molecule has 8 heteroatoms. The molecule has 1 aromatic rings. The Labute approximate surface area is 126 Å². The van der Waals surface area contributed by atoms with E-state index in [2.05, 4.69) is 10.6 Å². The maximum absolute atomic E-state index is 11.8. The second kappa shape index (κ2) is 7.94. The summed E-state index contributed by atoms with van der Waals surface area (Å²) < 4.78 is 0. The average Bonchev–Trinajstić information content (AvgIpc) is 2.51. The van der Waals surface area contributed by atoms with Crippen molar-refractivity contribution in [3.63, 3.8) is 0 Å². The van der Waals surface area contributed by atoms with E-state index < -0.39 is 37.2 Å². The van der Waals surface area contributed by atoms with Crippen molar-refractivity contribution in [3.8, 4) is 0 Å². The van der Waals surface area contributed by atoms with Crippen molar-refractivity contribution in [3.05, 3.63) is 34.9 Å². The average molecular weight is 317 g/mol. The molecule has 21 heavy (non-hydrogen) atoms. The zero-order chi connectivity index (χ0) is 15.9. The molecule has 2 amide bonds. The molecule has 0 bridgehead atoms. The summed E-state index contributed by atoms with van der Waals surface area (Å²) in [6.07, 6.45) is 0. The quantitative estimate of drug-likeness (QED) is 0.437. The first-order valence-corrected chi connectivity index (χ1v) is 6.52. The summed E-state index contributed by atoms with van der Waals surface area (Å²) in [6, 6.07) is 6.36. The Morgan fingerprint density at radius 1 is 1.10 bits per heavy atom. The van der Waals surface area contributed by atoms with Crippen LogP contribution in [-0.2, 0) is 4.79 Å². The largest absolute Gasteiger partial charge is 0.394 e. The maximum Gasteiger partial charge on any atom is 0.253 e. The first kappa shape index (κ1) is 17.4. The van der Waals surface area contributed by atoms with Crippen LogP contribution in [0.1, 0.15) is 10.4 Å². The molecule has 0 saturated carbocycles. The van der Waals surface area contributed by atoms with Gasteiger partial charge in [-0.2, -0.15) is 0 Å². The monoisotopic (exact) mass is 316 g/mol. The number of rotatable bonds is 7. The van der Waals surface area contributed by atoms with E-state index in [0.29, 0.717) is 0 Å². The van der Waals surface area contributed by atoms with E-state index in [1.54, 1.807) is 18.2 Å². The van der Waals surface area contributed by atoms with Crippen LogP contribution < -0.4 is 10.6 Å². The van der Waals surface area contributed by atoms with Crippen molar-refractivity contribution < 1.29 is 24.9 Å². The van der Waals surface area contributed by atoms with E-state index in [1.165, 1.54) is 6.07 Å².